The molecule has 0 aliphatic rings. The van der Waals surface area contributed by atoms with Gasteiger partial charge in [-0.2, -0.15) is 52.7 Å². The van der Waals surface area contributed by atoms with Crippen LogP contribution in [0.15, 0.2) is 18.7 Å². The molecule has 0 aliphatic heterocycles. The van der Waals surface area contributed by atoms with Gasteiger partial charge in [0, 0.05) is 12.4 Å². The van der Waals surface area contributed by atoms with E-state index in [1.807, 2.05) is 0 Å². The largest absolute Gasteiger partial charge is 0.384 e. The minimum Gasteiger partial charge on any atom is -0.301 e. The molecule has 32 heavy (non-hydrogen) atoms. The summed E-state index contributed by atoms with van der Waals surface area (Å²) in [6.45, 7) is 0. The number of hydrogen-bond donors (Lipinski definition) is 0. The van der Waals surface area contributed by atoms with Crippen molar-refractivity contribution in [1.29, 1.82) is 0 Å². The molecule has 0 N–H and O–H groups in total. The lowest BCUT2D eigenvalue weighted by Gasteiger charge is -2.42. The highest BCUT2D eigenvalue weighted by atomic mass is 19.4. The van der Waals surface area contributed by atoms with Crippen molar-refractivity contribution in [3.63, 3.8) is 0 Å². The first kappa shape index (κ1) is 28.1. The van der Waals surface area contributed by atoms with Crippen LogP contribution in [0, 0.1) is 0 Å². The monoisotopic (exact) mass is 514 g/mol. The van der Waals surface area contributed by atoms with Crippen LogP contribution in [-0.2, 0) is 0 Å². The Balaban J connectivity index is 3.54. The predicted molar refractivity (Wildman–Crippen MR) is 67.9 cm³/mol. The first-order valence-corrected chi connectivity index (χ1v) is 7.48. The molecule has 19 heteroatoms. The van der Waals surface area contributed by atoms with E-state index < -0.39 is 65.2 Å². The molecular formula is C13H7F17N2. The highest BCUT2D eigenvalue weighted by molar-refractivity contribution is 5.14. The molecule has 188 valence electrons. The van der Waals surface area contributed by atoms with Gasteiger partial charge in [0.15, 0.2) is 6.17 Å². The molecule has 0 fully saturated rings. The van der Waals surface area contributed by atoms with E-state index in [0.29, 0.717) is 6.20 Å². The molecule has 0 amide bonds. The number of rotatable bonds is 10. The quantitative estimate of drug-likeness (QED) is 0.345. The summed E-state index contributed by atoms with van der Waals surface area (Å²) >= 11 is 0. The van der Waals surface area contributed by atoms with Crippen molar-refractivity contribution in [1.82, 2.24) is 9.55 Å². The maximum absolute atomic E-state index is 13.6. The smallest absolute Gasteiger partial charge is 0.301 e. The molecule has 0 spiro atoms. The van der Waals surface area contributed by atoms with E-state index >= 15 is 0 Å². The third kappa shape index (κ3) is 3.73. The Labute approximate surface area is 165 Å². The van der Waals surface area contributed by atoms with Gasteiger partial charge < -0.3 is 4.57 Å². The van der Waals surface area contributed by atoms with Crippen molar-refractivity contribution in [2.45, 2.75) is 60.6 Å². The average Bonchev–Trinajstić information content (AvgIpc) is 3.19. The van der Waals surface area contributed by atoms with Gasteiger partial charge in [0.25, 0.3) is 6.43 Å². The van der Waals surface area contributed by atoms with Crippen LogP contribution in [0.4, 0.5) is 74.6 Å². The highest BCUT2D eigenvalue weighted by Crippen LogP contribution is 2.62. The zero-order valence-corrected chi connectivity index (χ0v) is 14.4. The Hall–Kier alpha value is -1.98. The number of imidazole rings is 1. The van der Waals surface area contributed by atoms with Crippen LogP contribution >= 0.6 is 0 Å². The molecule has 0 saturated carbocycles. The fourth-order valence-corrected chi connectivity index (χ4v) is 2.05. The van der Waals surface area contributed by atoms with Gasteiger partial charge in [-0.05, 0) is 0 Å². The summed E-state index contributed by atoms with van der Waals surface area (Å²) < 4.78 is 224. The third-order valence-electron chi connectivity index (χ3n) is 3.97. The molecule has 1 rings (SSSR count). The zero-order valence-electron chi connectivity index (χ0n) is 14.4. The second kappa shape index (κ2) is 8.11. The molecule has 1 heterocycles. The van der Waals surface area contributed by atoms with E-state index in [1.165, 1.54) is 0 Å². The Kier molecular flexibility index (Phi) is 7.11. The summed E-state index contributed by atoms with van der Waals surface area (Å²) in [5.74, 6) is -47.4. The van der Waals surface area contributed by atoms with Crippen molar-refractivity contribution < 1.29 is 74.6 Å². The summed E-state index contributed by atoms with van der Waals surface area (Å²) in [6, 6.07) is 0. The van der Waals surface area contributed by atoms with Crippen LogP contribution in [0.25, 0.3) is 0 Å². The summed E-state index contributed by atoms with van der Waals surface area (Å²) in [6.07, 6.45) is -19.9. The van der Waals surface area contributed by atoms with Crippen LogP contribution < -0.4 is 0 Å². The molecule has 2 nitrogen and oxygen atoms in total. The van der Waals surface area contributed by atoms with Gasteiger partial charge in [0.05, 0.1) is 6.33 Å². The summed E-state index contributed by atoms with van der Waals surface area (Å²) in [7, 11) is 0. The van der Waals surface area contributed by atoms with Gasteiger partial charge in [0.2, 0.25) is 12.5 Å². The minimum absolute atomic E-state index is 0.0626. The van der Waals surface area contributed by atoms with Gasteiger partial charge in [0.1, 0.15) is 0 Å². The second-order valence-corrected chi connectivity index (χ2v) is 6.07. The maximum Gasteiger partial charge on any atom is 0.384 e. The van der Waals surface area contributed by atoms with Crippen LogP contribution in [0.2, 0.25) is 0 Å². The van der Waals surface area contributed by atoms with E-state index in [9.17, 15) is 74.6 Å². The molecule has 1 aromatic heterocycles. The van der Waals surface area contributed by atoms with E-state index in [1.54, 1.807) is 0 Å². The Morgan fingerprint density at radius 1 is 0.594 bits per heavy atom. The second-order valence-electron chi connectivity index (χ2n) is 6.07. The standard InChI is InChI=1S/C13H7F17N2/c14-4(6(16)17)5(15)8(19,20)10(23,24)12(27,28)13(29,30)11(25,26)9(21,22)7(18)32-2-1-31-3-32/h1-7H. The molecule has 0 bridgehead atoms. The van der Waals surface area contributed by atoms with Gasteiger partial charge >= 0.3 is 35.5 Å². The zero-order chi connectivity index (χ0) is 25.7. The Morgan fingerprint density at radius 2 is 1.00 bits per heavy atom. The highest BCUT2D eigenvalue weighted by Gasteiger charge is 2.92. The van der Waals surface area contributed by atoms with Gasteiger partial charge in [-0.15, -0.1) is 0 Å². The molecule has 1 aromatic rings. The van der Waals surface area contributed by atoms with Crippen molar-refractivity contribution >= 4 is 0 Å². The fraction of sp³-hybridized carbons (Fsp3) is 0.769. The fourth-order valence-electron chi connectivity index (χ4n) is 2.05. The number of alkyl halides is 17. The SMILES string of the molecule is FC(F)C(F)C(F)C(F)(F)C(F)(F)C(F)(F)C(F)(F)C(F)(F)C(F)(F)C(F)n1ccnc1. The van der Waals surface area contributed by atoms with E-state index in [0.717, 1.165) is 0 Å². The van der Waals surface area contributed by atoms with Crippen molar-refractivity contribution in [3.8, 4) is 0 Å². The van der Waals surface area contributed by atoms with Crippen molar-refractivity contribution in [3.05, 3.63) is 18.7 Å². The van der Waals surface area contributed by atoms with Crippen LogP contribution in [-0.4, -0.2) is 63.9 Å². The van der Waals surface area contributed by atoms with E-state index in [2.05, 4.69) is 4.98 Å². The van der Waals surface area contributed by atoms with E-state index in [4.69, 9.17) is 0 Å². The van der Waals surface area contributed by atoms with E-state index in [-0.39, 0.29) is 12.5 Å². The lowest BCUT2D eigenvalue weighted by atomic mass is 9.88. The number of aromatic nitrogens is 2. The Bertz CT molecular complexity index is 759. The summed E-state index contributed by atoms with van der Waals surface area (Å²) in [4.78, 5) is 2.82. The van der Waals surface area contributed by atoms with Crippen LogP contribution in [0.1, 0.15) is 6.30 Å². The Morgan fingerprint density at radius 3 is 1.34 bits per heavy atom. The number of hydrogen-bond acceptors (Lipinski definition) is 1. The summed E-state index contributed by atoms with van der Waals surface area (Å²) in [5, 5.41) is 0. The molecule has 0 aromatic carbocycles. The van der Waals surface area contributed by atoms with Gasteiger partial charge in [-0.3, -0.25) is 0 Å². The minimum atomic E-state index is -8.38. The molecule has 0 aliphatic carbocycles. The predicted octanol–water partition coefficient (Wildman–Crippen LogP) is 6.10. The number of nitrogens with zero attached hydrogens (tertiary/aromatic N) is 2. The maximum atomic E-state index is 13.6. The average molecular weight is 514 g/mol. The van der Waals surface area contributed by atoms with Gasteiger partial charge in [-0.25, -0.2) is 26.9 Å². The molecule has 0 radical (unpaired) electrons. The lowest BCUT2D eigenvalue weighted by Crippen LogP contribution is -2.73. The third-order valence-corrected chi connectivity index (χ3v) is 3.97. The van der Waals surface area contributed by atoms with Crippen LogP contribution in [0.3, 0.4) is 0 Å². The molecule has 3 atom stereocenters. The summed E-state index contributed by atoms with van der Waals surface area (Å²) in [5.41, 5.74) is 0. The topological polar surface area (TPSA) is 17.8 Å². The van der Waals surface area contributed by atoms with Crippen molar-refractivity contribution in [2.75, 3.05) is 0 Å². The van der Waals surface area contributed by atoms with Crippen molar-refractivity contribution in [2.24, 2.45) is 0 Å². The number of halogens is 17. The molecule has 3 unspecified atom stereocenters. The first-order valence-electron chi connectivity index (χ1n) is 7.48. The lowest BCUT2D eigenvalue weighted by molar-refractivity contribution is -0.436. The molecular weight excluding hydrogens is 507 g/mol. The first-order chi connectivity index (χ1) is 14.0. The van der Waals surface area contributed by atoms with Gasteiger partial charge in [-0.1, -0.05) is 0 Å². The molecule has 0 saturated heterocycles. The van der Waals surface area contributed by atoms with Crippen LogP contribution in [0.5, 0.6) is 0 Å². The normalized spacial score (nSPS) is 18.1.